The molecule has 0 radical (unpaired) electrons. The van der Waals surface area contributed by atoms with Crippen molar-refractivity contribution < 1.29 is 14.6 Å². The van der Waals surface area contributed by atoms with Gasteiger partial charge < -0.3 is 14.7 Å². The molecule has 88 valence electrons. The van der Waals surface area contributed by atoms with Crippen LogP contribution in [0.4, 0.5) is 4.79 Å². The average molecular weight is 215 g/mol. The van der Waals surface area contributed by atoms with Crippen LogP contribution in [-0.2, 0) is 4.74 Å². The molecule has 1 heterocycles. The number of amides is 1. The van der Waals surface area contributed by atoms with Crippen LogP contribution >= 0.6 is 0 Å². The Kier molecular flexibility index (Phi) is 3.97. The van der Waals surface area contributed by atoms with Crippen molar-refractivity contribution in [1.82, 2.24) is 4.90 Å². The number of hydrogen-bond donors (Lipinski definition) is 1. The molecule has 0 spiro atoms. The molecule has 1 atom stereocenters. The molecular formula is C11H21NO3. The van der Waals surface area contributed by atoms with Gasteiger partial charge >= 0.3 is 6.09 Å². The first-order chi connectivity index (χ1) is 6.91. The van der Waals surface area contributed by atoms with E-state index in [9.17, 15) is 9.90 Å². The Morgan fingerprint density at radius 3 is 2.80 bits per heavy atom. The van der Waals surface area contributed by atoms with Gasteiger partial charge in [-0.2, -0.15) is 0 Å². The van der Waals surface area contributed by atoms with Crippen molar-refractivity contribution in [2.75, 3.05) is 19.7 Å². The first-order valence-corrected chi connectivity index (χ1v) is 5.55. The number of piperidine rings is 1. The number of carbonyl (C=O) groups excluding carboxylic acids is 1. The topological polar surface area (TPSA) is 49.8 Å². The Bertz CT molecular complexity index is 226. The third kappa shape index (κ3) is 4.08. The molecule has 15 heavy (non-hydrogen) atoms. The van der Waals surface area contributed by atoms with Gasteiger partial charge in [-0.3, -0.25) is 0 Å². The number of likely N-dealkylation sites (tertiary alicyclic amines) is 1. The van der Waals surface area contributed by atoms with Gasteiger partial charge in [-0.15, -0.1) is 0 Å². The predicted molar refractivity (Wildman–Crippen MR) is 57.6 cm³/mol. The highest BCUT2D eigenvalue weighted by atomic mass is 16.6. The Morgan fingerprint density at radius 2 is 2.27 bits per heavy atom. The van der Waals surface area contributed by atoms with Crippen molar-refractivity contribution >= 4 is 6.09 Å². The number of rotatable bonds is 2. The average Bonchev–Trinajstić information content (AvgIpc) is 2.12. The molecule has 0 aromatic carbocycles. The van der Waals surface area contributed by atoms with E-state index in [0.717, 1.165) is 12.8 Å². The summed E-state index contributed by atoms with van der Waals surface area (Å²) in [4.78, 5) is 13.2. The fourth-order valence-electron chi connectivity index (χ4n) is 1.71. The van der Waals surface area contributed by atoms with Crippen LogP contribution in [0.2, 0.25) is 0 Å². The summed E-state index contributed by atoms with van der Waals surface area (Å²) in [5.41, 5.74) is -0.755. The molecule has 1 rings (SSSR count). The van der Waals surface area contributed by atoms with Crippen molar-refractivity contribution in [3.8, 4) is 0 Å². The monoisotopic (exact) mass is 215 g/mol. The fourth-order valence-corrected chi connectivity index (χ4v) is 1.71. The summed E-state index contributed by atoms with van der Waals surface area (Å²) in [5.74, 6) is 0.347. The van der Waals surface area contributed by atoms with E-state index in [-0.39, 0.29) is 6.09 Å². The molecule has 1 amide bonds. The summed E-state index contributed by atoms with van der Waals surface area (Å²) in [6.45, 7) is 7.27. The van der Waals surface area contributed by atoms with Gasteiger partial charge in [0.1, 0.15) is 0 Å². The minimum Gasteiger partial charge on any atom is -0.449 e. The number of nitrogens with zero attached hydrogens (tertiary/aromatic N) is 1. The summed E-state index contributed by atoms with van der Waals surface area (Å²) in [6.07, 6.45) is 1.29. The number of hydrogen-bond acceptors (Lipinski definition) is 3. The van der Waals surface area contributed by atoms with Gasteiger partial charge in [-0.1, -0.05) is 13.8 Å². The highest BCUT2D eigenvalue weighted by molar-refractivity contribution is 5.67. The molecule has 1 aliphatic heterocycles. The van der Waals surface area contributed by atoms with E-state index < -0.39 is 5.60 Å². The van der Waals surface area contributed by atoms with Crippen molar-refractivity contribution in [2.45, 2.75) is 39.2 Å². The minimum atomic E-state index is -0.755. The molecular weight excluding hydrogens is 194 g/mol. The molecule has 1 fully saturated rings. The molecule has 0 aromatic rings. The van der Waals surface area contributed by atoms with E-state index in [4.69, 9.17) is 4.74 Å². The predicted octanol–water partition coefficient (Wildman–Crippen LogP) is 1.63. The van der Waals surface area contributed by atoms with Crippen LogP contribution in [0, 0.1) is 5.92 Å². The standard InChI is InChI=1S/C11H21NO3/c1-9(2)7-15-10(13)12-6-4-5-11(3,14)8-12/h9,14H,4-8H2,1-3H3. The van der Waals surface area contributed by atoms with Crippen LogP contribution < -0.4 is 0 Å². The summed E-state index contributed by atoms with van der Waals surface area (Å²) in [7, 11) is 0. The van der Waals surface area contributed by atoms with Gasteiger partial charge in [0.2, 0.25) is 0 Å². The molecule has 0 aliphatic carbocycles. The van der Waals surface area contributed by atoms with E-state index in [1.165, 1.54) is 0 Å². The molecule has 4 nitrogen and oxygen atoms in total. The lowest BCUT2D eigenvalue weighted by Crippen LogP contribution is -2.48. The second-order valence-corrected chi connectivity index (χ2v) is 4.99. The summed E-state index contributed by atoms with van der Waals surface area (Å²) in [6, 6.07) is 0. The second kappa shape index (κ2) is 4.84. The highest BCUT2D eigenvalue weighted by Gasteiger charge is 2.31. The van der Waals surface area contributed by atoms with Crippen molar-refractivity contribution in [2.24, 2.45) is 5.92 Å². The minimum absolute atomic E-state index is 0.302. The maximum Gasteiger partial charge on any atom is 0.409 e. The second-order valence-electron chi connectivity index (χ2n) is 4.99. The van der Waals surface area contributed by atoms with Crippen LogP contribution in [0.1, 0.15) is 33.6 Å². The first-order valence-electron chi connectivity index (χ1n) is 5.55. The quantitative estimate of drug-likeness (QED) is 0.761. The van der Waals surface area contributed by atoms with Crippen LogP contribution in [0.5, 0.6) is 0 Å². The molecule has 0 saturated carbocycles. The smallest absolute Gasteiger partial charge is 0.409 e. The van der Waals surface area contributed by atoms with E-state index >= 15 is 0 Å². The van der Waals surface area contributed by atoms with Gasteiger partial charge in [0.05, 0.1) is 18.8 Å². The van der Waals surface area contributed by atoms with Crippen LogP contribution in [0.3, 0.4) is 0 Å². The molecule has 0 bridgehead atoms. The van der Waals surface area contributed by atoms with Crippen molar-refractivity contribution in [1.29, 1.82) is 0 Å². The number of ether oxygens (including phenoxy) is 1. The van der Waals surface area contributed by atoms with Crippen molar-refractivity contribution in [3.63, 3.8) is 0 Å². The zero-order valence-electron chi connectivity index (χ0n) is 9.82. The lowest BCUT2D eigenvalue weighted by Gasteiger charge is -2.36. The van der Waals surface area contributed by atoms with E-state index in [0.29, 0.717) is 25.6 Å². The number of aliphatic hydroxyl groups is 1. The normalized spacial score (nSPS) is 26.9. The van der Waals surface area contributed by atoms with Gasteiger partial charge in [0, 0.05) is 6.54 Å². The van der Waals surface area contributed by atoms with Gasteiger partial charge in [0.25, 0.3) is 0 Å². The SMILES string of the molecule is CC(C)COC(=O)N1CCCC(C)(O)C1. The Balaban J connectivity index is 2.39. The largest absolute Gasteiger partial charge is 0.449 e. The fraction of sp³-hybridized carbons (Fsp3) is 0.909. The van der Waals surface area contributed by atoms with Crippen LogP contribution in [0.15, 0.2) is 0 Å². The molecule has 1 aliphatic rings. The van der Waals surface area contributed by atoms with Gasteiger partial charge in [-0.25, -0.2) is 4.79 Å². The van der Waals surface area contributed by atoms with Crippen molar-refractivity contribution in [3.05, 3.63) is 0 Å². The van der Waals surface area contributed by atoms with Gasteiger partial charge in [-0.05, 0) is 25.7 Å². The highest BCUT2D eigenvalue weighted by Crippen LogP contribution is 2.20. The number of β-amino-alcohol motifs (C(OH)–C–C–N with tert-alkyl or cyclic N) is 1. The maximum atomic E-state index is 11.6. The third-order valence-corrected chi connectivity index (χ3v) is 2.47. The molecule has 4 heteroatoms. The summed E-state index contributed by atoms with van der Waals surface area (Å²) in [5, 5.41) is 9.82. The molecule has 0 aromatic heterocycles. The first kappa shape index (κ1) is 12.3. The third-order valence-electron chi connectivity index (χ3n) is 2.47. The van der Waals surface area contributed by atoms with E-state index in [1.807, 2.05) is 13.8 Å². The Labute approximate surface area is 91.2 Å². The maximum absolute atomic E-state index is 11.6. The summed E-state index contributed by atoms with van der Waals surface area (Å²) >= 11 is 0. The lowest BCUT2D eigenvalue weighted by atomic mass is 9.96. The van der Waals surface area contributed by atoms with Crippen LogP contribution in [0.25, 0.3) is 0 Å². The zero-order valence-corrected chi connectivity index (χ0v) is 9.82. The summed E-state index contributed by atoms with van der Waals surface area (Å²) < 4.78 is 5.11. The van der Waals surface area contributed by atoms with Gasteiger partial charge in [0.15, 0.2) is 0 Å². The van der Waals surface area contributed by atoms with E-state index in [1.54, 1.807) is 11.8 Å². The molecule has 1 saturated heterocycles. The Hall–Kier alpha value is -0.770. The molecule has 1 unspecified atom stereocenters. The zero-order chi connectivity index (χ0) is 11.5. The molecule has 1 N–H and O–H groups in total. The van der Waals surface area contributed by atoms with E-state index in [2.05, 4.69) is 0 Å². The van der Waals surface area contributed by atoms with Crippen LogP contribution in [-0.4, -0.2) is 41.4 Å². The lowest BCUT2D eigenvalue weighted by molar-refractivity contribution is -0.0171. The Morgan fingerprint density at radius 1 is 1.60 bits per heavy atom. The number of carbonyl (C=O) groups is 1.